The van der Waals surface area contributed by atoms with Crippen LogP contribution in [0.4, 0.5) is 0 Å². The van der Waals surface area contributed by atoms with Gasteiger partial charge in [0.25, 0.3) is 0 Å². The van der Waals surface area contributed by atoms with Gasteiger partial charge in [-0.2, -0.15) is 0 Å². The Morgan fingerprint density at radius 2 is 1.79 bits per heavy atom. The van der Waals surface area contributed by atoms with E-state index < -0.39 is 0 Å². The van der Waals surface area contributed by atoms with Crippen LogP contribution in [0, 0.1) is 11.8 Å². The van der Waals surface area contributed by atoms with Crippen LogP contribution in [0.1, 0.15) is 37.7 Å². The van der Waals surface area contributed by atoms with E-state index in [-0.39, 0.29) is 5.72 Å². The molecule has 0 N–H and O–H groups in total. The van der Waals surface area contributed by atoms with Gasteiger partial charge in [-0.05, 0) is 56.6 Å². The first-order valence-electron chi connectivity index (χ1n) is 7.66. The van der Waals surface area contributed by atoms with E-state index in [9.17, 15) is 0 Å². The Morgan fingerprint density at radius 1 is 1.11 bits per heavy atom. The summed E-state index contributed by atoms with van der Waals surface area (Å²) in [6.07, 6.45) is 7.15. The van der Waals surface area contributed by atoms with Gasteiger partial charge in [-0.15, -0.1) is 0 Å². The van der Waals surface area contributed by atoms with Crippen molar-refractivity contribution in [1.82, 2.24) is 4.90 Å². The molecule has 2 saturated heterocycles. The zero-order valence-corrected chi connectivity index (χ0v) is 11.7. The van der Waals surface area contributed by atoms with E-state index >= 15 is 0 Å². The van der Waals surface area contributed by atoms with Crippen molar-refractivity contribution in [3.63, 3.8) is 0 Å². The first-order valence-corrected chi connectivity index (χ1v) is 7.66. The van der Waals surface area contributed by atoms with Crippen LogP contribution in [-0.4, -0.2) is 23.8 Å². The van der Waals surface area contributed by atoms with Crippen molar-refractivity contribution in [2.45, 2.75) is 50.5 Å². The lowest BCUT2D eigenvalue weighted by atomic mass is 9.64. The van der Waals surface area contributed by atoms with Crippen molar-refractivity contribution in [1.29, 1.82) is 0 Å². The first kappa shape index (κ1) is 11.9. The predicted molar refractivity (Wildman–Crippen MR) is 75.6 cm³/mol. The second-order valence-electron chi connectivity index (χ2n) is 6.88. The fourth-order valence-electron chi connectivity index (χ4n) is 4.73. The van der Waals surface area contributed by atoms with Crippen LogP contribution in [0.25, 0.3) is 0 Å². The molecule has 1 aromatic carbocycles. The average molecular weight is 257 g/mol. The Bertz CT molecular complexity index is 420. The van der Waals surface area contributed by atoms with Crippen LogP contribution in [0.3, 0.4) is 0 Å². The van der Waals surface area contributed by atoms with Gasteiger partial charge in [-0.1, -0.05) is 30.3 Å². The second kappa shape index (κ2) is 4.32. The van der Waals surface area contributed by atoms with Gasteiger partial charge in [0.05, 0.1) is 6.10 Å². The van der Waals surface area contributed by atoms with Crippen LogP contribution in [0.5, 0.6) is 0 Å². The summed E-state index contributed by atoms with van der Waals surface area (Å²) in [5, 5.41) is 0. The highest BCUT2D eigenvalue weighted by Crippen LogP contribution is 2.54. The van der Waals surface area contributed by atoms with Crippen LogP contribution >= 0.6 is 0 Å². The topological polar surface area (TPSA) is 12.5 Å². The van der Waals surface area contributed by atoms with Gasteiger partial charge in [0.1, 0.15) is 5.72 Å². The van der Waals surface area contributed by atoms with Gasteiger partial charge in [0.2, 0.25) is 0 Å². The van der Waals surface area contributed by atoms with Gasteiger partial charge < -0.3 is 4.74 Å². The summed E-state index contributed by atoms with van der Waals surface area (Å²) in [6, 6.07) is 10.8. The van der Waals surface area contributed by atoms with Crippen molar-refractivity contribution in [3.05, 3.63) is 35.9 Å². The molecule has 102 valence electrons. The van der Waals surface area contributed by atoms with Crippen molar-refractivity contribution in [2.24, 2.45) is 11.8 Å². The molecule has 4 atom stereocenters. The molecule has 1 aromatic rings. The van der Waals surface area contributed by atoms with E-state index in [4.69, 9.17) is 4.74 Å². The third-order valence-corrected chi connectivity index (χ3v) is 5.42. The highest BCUT2D eigenvalue weighted by atomic mass is 16.5. The SMILES string of the molecule is CN(Cc1ccccc1)C12C[C@@H]3CC(C[C@@H](C3)C1)O2. The van der Waals surface area contributed by atoms with E-state index in [0.717, 1.165) is 18.4 Å². The molecule has 4 fully saturated rings. The van der Waals surface area contributed by atoms with E-state index in [1.54, 1.807) is 0 Å². The van der Waals surface area contributed by atoms with Gasteiger partial charge in [-0.25, -0.2) is 0 Å². The normalized spacial score (nSPS) is 40.0. The molecular weight excluding hydrogens is 234 g/mol. The fraction of sp³-hybridized carbons (Fsp3) is 0.647. The first-order chi connectivity index (χ1) is 9.23. The highest BCUT2D eigenvalue weighted by Gasteiger charge is 2.53. The molecule has 0 amide bonds. The zero-order valence-electron chi connectivity index (χ0n) is 11.7. The van der Waals surface area contributed by atoms with Crippen LogP contribution < -0.4 is 0 Å². The maximum atomic E-state index is 6.47. The molecule has 2 heterocycles. The molecule has 2 saturated carbocycles. The van der Waals surface area contributed by atoms with Gasteiger partial charge >= 0.3 is 0 Å². The van der Waals surface area contributed by atoms with Crippen LogP contribution in [0.2, 0.25) is 0 Å². The summed E-state index contributed by atoms with van der Waals surface area (Å²) < 4.78 is 6.47. The molecule has 0 spiro atoms. The minimum Gasteiger partial charge on any atom is -0.357 e. The van der Waals surface area contributed by atoms with Crippen LogP contribution in [-0.2, 0) is 11.3 Å². The molecule has 2 nitrogen and oxygen atoms in total. The Kier molecular flexibility index (Phi) is 2.71. The molecule has 0 radical (unpaired) electrons. The zero-order chi connectivity index (χ0) is 12.9. The number of hydrogen-bond donors (Lipinski definition) is 0. The van der Waals surface area contributed by atoms with Crippen molar-refractivity contribution in [2.75, 3.05) is 7.05 Å². The number of rotatable bonds is 3. The monoisotopic (exact) mass is 257 g/mol. The lowest BCUT2D eigenvalue weighted by molar-refractivity contribution is -0.280. The highest BCUT2D eigenvalue weighted by molar-refractivity contribution is 5.15. The molecule has 0 aromatic heterocycles. The summed E-state index contributed by atoms with van der Waals surface area (Å²) in [7, 11) is 2.25. The largest absolute Gasteiger partial charge is 0.357 e. The summed E-state index contributed by atoms with van der Waals surface area (Å²) in [5.41, 5.74) is 1.44. The van der Waals surface area contributed by atoms with Crippen molar-refractivity contribution < 1.29 is 4.74 Å². The molecule has 2 aliphatic heterocycles. The number of hydrogen-bond acceptors (Lipinski definition) is 2. The average Bonchev–Trinajstić information content (AvgIpc) is 2.38. The van der Waals surface area contributed by atoms with E-state index in [1.807, 2.05) is 0 Å². The second-order valence-corrected chi connectivity index (χ2v) is 6.88. The Balaban J connectivity index is 1.55. The summed E-state index contributed by atoms with van der Waals surface area (Å²) in [4.78, 5) is 2.48. The minimum atomic E-state index is 0.0462. The lowest BCUT2D eigenvalue weighted by Gasteiger charge is -2.59. The quantitative estimate of drug-likeness (QED) is 0.822. The van der Waals surface area contributed by atoms with E-state index in [2.05, 4.69) is 42.3 Å². The molecular formula is C17H23NO. The van der Waals surface area contributed by atoms with E-state index in [1.165, 1.54) is 37.7 Å². The Morgan fingerprint density at radius 3 is 2.42 bits per heavy atom. The predicted octanol–water partition coefficient (Wildman–Crippen LogP) is 3.42. The maximum Gasteiger partial charge on any atom is 0.122 e. The Labute approximate surface area is 115 Å². The maximum absolute atomic E-state index is 6.47. The standard InChI is InChI=1S/C17H23NO/c1-18(12-13-5-3-2-4-6-13)17-10-14-7-15(11-17)9-16(8-14)19-17/h2-6,14-16H,7-12H2,1H3/t14-,15+,16?,17?. The minimum absolute atomic E-state index is 0.0462. The summed E-state index contributed by atoms with van der Waals surface area (Å²) in [5.74, 6) is 1.84. The number of benzene rings is 1. The molecule has 2 unspecified atom stereocenters. The Hall–Kier alpha value is -0.860. The molecule has 5 rings (SSSR count). The third-order valence-electron chi connectivity index (χ3n) is 5.42. The van der Waals surface area contributed by atoms with Gasteiger partial charge in [0.15, 0.2) is 0 Å². The van der Waals surface area contributed by atoms with Gasteiger partial charge in [-0.3, -0.25) is 4.90 Å². The number of ether oxygens (including phenoxy) is 1. The summed E-state index contributed by atoms with van der Waals surface area (Å²) >= 11 is 0. The fourth-order valence-corrected chi connectivity index (χ4v) is 4.73. The molecule has 2 aliphatic carbocycles. The number of nitrogens with zero attached hydrogens (tertiary/aromatic N) is 1. The smallest absolute Gasteiger partial charge is 0.122 e. The molecule has 2 heteroatoms. The summed E-state index contributed by atoms with van der Waals surface area (Å²) in [6.45, 7) is 1.01. The van der Waals surface area contributed by atoms with Crippen molar-refractivity contribution in [3.8, 4) is 0 Å². The molecule has 4 aliphatic rings. The third kappa shape index (κ3) is 2.02. The van der Waals surface area contributed by atoms with Crippen molar-refractivity contribution >= 4 is 0 Å². The van der Waals surface area contributed by atoms with Gasteiger partial charge in [0, 0.05) is 6.54 Å². The lowest BCUT2D eigenvalue weighted by Crippen LogP contribution is -2.61. The van der Waals surface area contributed by atoms with Crippen LogP contribution in [0.15, 0.2) is 30.3 Å². The van der Waals surface area contributed by atoms with E-state index in [0.29, 0.717) is 6.10 Å². The molecule has 19 heavy (non-hydrogen) atoms. The molecule has 4 bridgehead atoms.